The van der Waals surface area contributed by atoms with Crippen LogP contribution >= 0.6 is 11.8 Å². The molecule has 0 aliphatic heterocycles. The van der Waals surface area contributed by atoms with E-state index in [0.29, 0.717) is 12.3 Å². The van der Waals surface area contributed by atoms with Crippen LogP contribution in [0.15, 0.2) is 48.5 Å². The number of ether oxygens (including phenoxy) is 1. The van der Waals surface area contributed by atoms with Crippen LogP contribution in [0.4, 0.5) is 0 Å². The van der Waals surface area contributed by atoms with Crippen LogP contribution in [-0.4, -0.2) is 17.8 Å². The largest absolute Gasteiger partial charge is 0.491 e. The molecule has 0 saturated heterocycles. The molecule has 0 heterocycles. The van der Waals surface area contributed by atoms with Crippen molar-refractivity contribution in [2.75, 3.05) is 5.75 Å². The Morgan fingerprint density at radius 3 is 2.50 bits per heavy atom. The van der Waals surface area contributed by atoms with E-state index in [9.17, 15) is 4.79 Å². The minimum absolute atomic E-state index is 0.0658. The van der Waals surface area contributed by atoms with Gasteiger partial charge >= 0.3 is 0 Å². The lowest BCUT2D eigenvalue weighted by atomic mass is 10.1. The molecule has 0 unspecified atom stereocenters. The van der Waals surface area contributed by atoms with Gasteiger partial charge in [-0.15, -0.1) is 11.8 Å². The highest BCUT2D eigenvalue weighted by Crippen LogP contribution is 2.16. The molecule has 0 saturated carbocycles. The van der Waals surface area contributed by atoms with Gasteiger partial charge in [0.1, 0.15) is 5.75 Å². The first-order valence-corrected chi connectivity index (χ1v) is 9.34. The number of carbonyl (C=O) groups is 1. The third-order valence-corrected chi connectivity index (χ3v) is 4.52. The molecule has 0 aliphatic rings. The highest BCUT2D eigenvalue weighted by molar-refractivity contribution is 7.99. The zero-order valence-electron chi connectivity index (χ0n) is 14.5. The Bertz CT molecular complexity index is 653. The lowest BCUT2D eigenvalue weighted by Crippen LogP contribution is -2.24. The number of hydrogen-bond donors (Lipinski definition) is 1. The van der Waals surface area contributed by atoms with Crippen molar-refractivity contribution in [3.63, 3.8) is 0 Å². The molecule has 0 aromatic heterocycles. The van der Waals surface area contributed by atoms with Gasteiger partial charge < -0.3 is 10.1 Å². The van der Waals surface area contributed by atoms with Gasteiger partial charge in [-0.1, -0.05) is 36.4 Å². The van der Waals surface area contributed by atoms with Gasteiger partial charge in [-0.25, -0.2) is 0 Å². The maximum absolute atomic E-state index is 11.9. The number of benzene rings is 2. The third kappa shape index (κ3) is 6.28. The van der Waals surface area contributed by atoms with Crippen LogP contribution < -0.4 is 10.1 Å². The van der Waals surface area contributed by atoms with E-state index in [1.165, 1.54) is 11.1 Å². The van der Waals surface area contributed by atoms with Crippen LogP contribution in [-0.2, 0) is 17.1 Å². The maximum atomic E-state index is 11.9. The summed E-state index contributed by atoms with van der Waals surface area (Å²) in [5.74, 6) is 2.26. The first-order chi connectivity index (χ1) is 11.5. The molecule has 0 atom stereocenters. The van der Waals surface area contributed by atoms with Crippen molar-refractivity contribution in [1.29, 1.82) is 0 Å². The van der Waals surface area contributed by atoms with Crippen molar-refractivity contribution in [2.45, 2.75) is 39.2 Å². The number of amides is 1. The summed E-state index contributed by atoms with van der Waals surface area (Å²) in [6.45, 7) is 6.65. The molecule has 128 valence electrons. The SMILES string of the molecule is Cc1ccccc1CSCC(=O)NCc1ccc(OC(C)C)cc1. The smallest absolute Gasteiger partial charge is 0.230 e. The highest BCUT2D eigenvalue weighted by atomic mass is 32.2. The molecule has 4 heteroatoms. The zero-order chi connectivity index (χ0) is 17.4. The predicted molar refractivity (Wildman–Crippen MR) is 101 cm³/mol. The molecule has 0 spiro atoms. The van der Waals surface area contributed by atoms with E-state index < -0.39 is 0 Å². The van der Waals surface area contributed by atoms with Crippen molar-refractivity contribution in [3.8, 4) is 5.75 Å². The average Bonchev–Trinajstić information content (AvgIpc) is 2.55. The van der Waals surface area contributed by atoms with Crippen LogP contribution in [0.1, 0.15) is 30.5 Å². The van der Waals surface area contributed by atoms with Crippen molar-refractivity contribution in [2.24, 2.45) is 0 Å². The fraction of sp³-hybridized carbons (Fsp3) is 0.350. The second kappa shape index (κ2) is 9.38. The van der Waals surface area contributed by atoms with Crippen molar-refractivity contribution in [3.05, 3.63) is 65.2 Å². The second-order valence-electron chi connectivity index (χ2n) is 6.01. The molecule has 0 aliphatic carbocycles. The Labute approximate surface area is 148 Å². The summed E-state index contributed by atoms with van der Waals surface area (Å²) in [5.41, 5.74) is 3.63. The van der Waals surface area contributed by atoms with Gasteiger partial charge in [0.25, 0.3) is 0 Å². The Balaban J connectivity index is 1.70. The first-order valence-electron chi connectivity index (χ1n) is 8.19. The summed E-state index contributed by atoms with van der Waals surface area (Å²) in [6, 6.07) is 16.1. The van der Waals surface area contributed by atoms with Gasteiger partial charge in [-0.3, -0.25) is 4.79 Å². The Kier molecular flexibility index (Phi) is 7.19. The quantitative estimate of drug-likeness (QED) is 0.775. The topological polar surface area (TPSA) is 38.3 Å². The lowest BCUT2D eigenvalue weighted by Gasteiger charge is -2.10. The van der Waals surface area contributed by atoms with Crippen LogP contribution in [0.2, 0.25) is 0 Å². The molecule has 0 radical (unpaired) electrons. The van der Waals surface area contributed by atoms with Gasteiger partial charge in [-0.05, 0) is 49.6 Å². The predicted octanol–water partition coefficient (Wildman–Crippen LogP) is 4.33. The number of nitrogens with one attached hydrogen (secondary N) is 1. The summed E-state index contributed by atoms with van der Waals surface area (Å²) >= 11 is 1.64. The van der Waals surface area contributed by atoms with E-state index in [1.54, 1.807) is 11.8 Å². The van der Waals surface area contributed by atoms with E-state index in [0.717, 1.165) is 17.1 Å². The zero-order valence-corrected chi connectivity index (χ0v) is 15.4. The van der Waals surface area contributed by atoms with Crippen LogP contribution in [0.3, 0.4) is 0 Å². The molecule has 2 aromatic rings. The fourth-order valence-electron chi connectivity index (χ4n) is 2.24. The number of hydrogen-bond acceptors (Lipinski definition) is 3. The molecule has 0 bridgehead atoms. The average molecular weight is 343 g/mol. The summed E-state index contributed by atoms with van der Waals surface area (Å²) in [5, 5.41) is 2.96. The van der Waals surface area contributed by atoms with Crippen LogP contribution in [0.25, 0.3) is 0 Å². The molecule has 24 heavy (non-hydrogen) atoms. The first kappa shape index (κ1) is 18.4. The monoisotopic (exact) mass is 343 g/mol. The van der Waals surface area contributed by atoms with E-state index >= 15 is 0 Å². The molecule has 2 aromatic carbocycles. The normalized spacial score (nSPS) is 10.7. The molecule has 2 rings (SSSR count). The second-order valence-corrected chi connectivity index (χ2v) is 6.99. The Hall–Kier alpha value is -1.94. The highest BCUT2D eigenvalue weighted by Gasteiger charge is 2.04. The van der Waals surface area contributed by atoms with Gasteiger partial charge in [0.05, 0.1) is 11.9 Å². The number of rotatable bonds is 8. The summed E-state index contributed by atoms with van der Waals surface area (Å²) in [4.78, 5) is 11.9. The molecular formula is C20H25NO2S. The van der Waals surface area contributed by atoms with Crippen LogP contribution in [0, 0.1) is 6.92 Å². The van der Waals surface area contributed by atoms with Crippen molar-refractivity contribution >= 4 is 17.7 Å². The summed E-state index contributed by atoms with van der Waals surface area (Å²) < 4.78 is 5.61. The van der Waals surface area contributed by atoms with E-state index in [1.807, 2.05) is 50.2 Å². The lowest BCUT2D eigenvalue weighted by molar-refractivity contribution is -0.118. The number of aryl methyl sites for hydroxylation is 1. The molecular weight excluding hydrogens is 318 g/mol. The molecule has 0 fully saturated rings. The Morgan fingerprint density at radius 2 is 1.83 bits per heavy atom. The van der Waals surface area contributed by atoms with E-state index in [2.05, 4.69) is 24.4 Å². The maximum Gasteiger partial charge on any atom is 0.230 e. The number of thioether (sulfide) groups is 1. The Morgan fingerprint density at radius 1 is 1.12 bits per heavy atom. The summed E-state index contributed by atoms with van der Waals surface area (Å²) in [6.07, 6.45) is 0.167. The minimum atomic E-state index is 0.0658. The van der Waals surface area contributed by atoms with E-state index in [4.69, 9.17) is 4.74 Å². The van der Waals surface area contributed by atoms with Gasteiger partial charge in [0.2, 0.25) is 5.91 Å². The van der Waals surface area contributed by atoms with Crippen LogP contribution in [0.5, 0.6) is 5.75 Å². The summed E-state index contributed by atoms with van der Waals surface area (Å²) in [7, 11) is 0. The number of carbonyl (C=O) groups excluding carboxylic acids is 1. The molecule has 1 amide bonds. The van der Waals surface area contributed by atoms with Crippen molar-refractivity contribution in [1.82, 2.24) is 5.32 Å². The molecule has 3 nitrogen and oxygen atoms in total. The van der Waals surface area contributed by atoms with Gasteiger partial charge in [0.15, 0.2) is 0 Å². The van der Waals surface area contributed by atoms with Crippen molar-refractivity contribution < 1.29 is 9.53 Å². The fourth-order valence-corrected chi connectivity index (χ4v) is 3.17. The van der Waals surface area contributed by atoms with Gasteiger partial charge in [0, 0.05) is 12.3 Å². The minimum Gasteiger partial charge on any atom is -0.491 e. The van der Waals surface area contributed by atoms with E-state index in [-0.39, 0.29) is 12.0 Å². The third-order valence-electron chi connectivity index (χ3n) is 3.54. The molecule has 1 N–H and O–H groups in total. The van der Waals surface area contributed by atoms with Gasteiger partial charge in [-0.2, -0.15) is 0 Å². The standard InChI is InChI=1S/C20H25NO2S/c1-15(2)23-19-10-8-17(9-11-19)12-21-20(22)14-24-13-18-7-5-4-6-16(18)3/h4-11,15H,12-14H2,1-3H3,(H,21,22).